The zero-order valence-electron chi connectivity index (χ0n) is 10.6. The molecule has 6 heteroatoms. The van der Waals surface area contributed by atoms with E-state index in [2.05, 4.69) is 4.98 Å². The predicted octanol–water partition coefficient (Wildman–Crippen LogP) is 2.88. The highest BCUT2D eigenvalue weighted by atomic mass is 19.4. The van der Waals surface area contributed by atoms with Crippen molar-refractivity contribution in [2.45, 2.75) is 6.18 Å². The third-order valence-electron chi connectivity index (χ3n) is 2.80. The molecule has 1 aliphatic heterocycles. The van der Waals surface area contributed by atoms with Crippen molar-refractivity contribution >= 4 is 5.82 Å². The lowest BCUT2D eigenvalue weighted by molar-refractivity contribution is -0.137. The largest absolute Gasteiger partial charge is 0.419 e. The van der Waals surface area contributed by atoms with E-state index in [0.717, 1.165) is 11.8 Å². The van der Waals surface area contributed by atoms with E-state index >= 15 is 0 Å². The molecule has 0 atom stereocenters. The molecule has 2 heterocycles. The molecule has 3 nitrogen and oxygen atoms in total. The van der Waals surface area contributed by atoms with E-state index in [0.29, 0.717) is 6.54 Å². The van der Waals surface area contributed by atoms with Crippen molar-refractivity contribution in [1.82, 2.24) is 9.88 Å². The summed E-state index contributed by atoms with van der Waals surface area (Å²) >= 11 is 0. The van der Waals surface area contributed by atoms with Gasteiger partial charge in [-0.15, -0.1) is 0 Å². The molecule has 0 saturated heterocycles. The summed E-state index contributed by atoms with van der Waals surface area (Å²) in [5.74, 6) is -0.0692. The van der Waals surface area contributed by atoms with Gasteiger partial charge in [-0.2, -0.15) is 13.2 Å². The molecule has 0 spiro atoms. The molecule has 0 unspecified atom stereocenters. The van der Waals surface area contributed by atoms with Crippen LogP contribution in [0.3, 0.4) is 0 Å². The van der Waals surface area contributed by atoms with Gasteiger partial charge in [0.2, 0.25) is 0 Å². The van der Waals surface area contributed by atoms with E-state index in [1.165, 1.54) is 17.2 Å². The van der Waals surface area contributed by atoms with Crippen LogP contribution in [0, 0.1) is 0 Å². The molecule has 1 aliphatic rings. The van der Waals surface area contributed by atoms with Crippen LogP contribution < -0.4 is 4.90 Å². The van der Waals surface area contributed by atoms with Gasteiger partial charge in [0.05, 0.1) is 5.56 Å². The van der Waals surface area contributed by atoms with Crippen molar-refractivity contribution in [2.24, 2.45) is 0 Å². The molecule has 0 amide bonds. The average Bonchev–Trinajstić information content (AvgIpc) is 2.38. The molecule has 19 heavy (non-hydrogen) atoms. The van der Waals surface area contributed by atoms with E-state index in [1.807, 2.05) is 25.1 Å². The minimum absolute atomic E-state index is 0.0692. The zero-order chi connectivity index (χ0) is 14.0. The summed E-state index contributed by atoms with van der Waals surface area (Å²) in [7, 11) is 3.77. The zero-order valence-corrected chi connectivity index (χ0v) is 10.6. The van der Waals surface area contributed by atoms with Crippen LogP contribution in [0.2, 0.25) is 0 Å². The van der Waals surface area contributed by atoms with Gasteiger partial charge in [0.25, 0.3) is 0 Å². The Morgan fingerprint density at radius 2 is 2.05 bits per heavy atom. The molecule has 0 aliphatic carbocycles. The summed E-state index contributed by atoms with van der Waals surface area (Å²) in [6.45, 7) is 0.365. The molecule has 0 radical (unpaired) electrons. The maximum absolute atomic E-state index is 12.9. The van der Waals surface area contributed by atoms with Crippen molar-refractivity contribution in [3.63, 3.8) is 0 Å². The van der Waals surface area contributed by atoms with Crippen LogP contribution in [-0.2, 0) is 6.18 Å². The second kappa shape index (κ2) is 4.95. The van der Waals surface area contributed by atoms with E-state index in [-0.39, 0.29) is 5.82 Å². The van der Waals surface area contributed by atoms with Crippen molar-refractivity contribution in [3.8, 4) is 0 Å². The first-order valence-corrected chi connectivity index (χ1v) is 5.74. The third-order valence-corrected chi connectivity index (χ3v) is 2.80. The lowest BCUT2D eigenvalue weighted by Crippen LogP contribution is -2.25. The Balaban J connectivity index is 2.29. The summed E-state index contributed by atoms with van der Waals surface area (Å²) in [5.41, 5.74) is 0.238. The fraction of sp³-hybridized carbons (Fsp3) is 0.308. The van der Waals surface area contributed by atoms with Crippen LogP contribution in [-0.4, -0.2) is 30.5 Å². The van der Waals surface area contributed by atoms with Gasteiger partial charge < -0.3 is 9.80 Å². The number of hydrogen-bond acceptors (Lipinski definition) is 3. The van der Waals surface area contributed by atoms with Crippen molar-refractivity contribution in [3.05, 3.63) is 47.9 Å². The molecule has 2 rings (SSSR count). The van der Waals surface area contributed by atoms with Crippen LogP contribution in [0.4, 0.5) is 19.0 Å². The molecule has 1 aromatic heterocycles. The minimum atomic E-state index is -4.40. The predicted molar refractivity (Wildman–Crippen MR) is 67.5 cm³/mol. The summed E-state index contributed by atoms with van der Waals surface area (Å²) in [6.07, 6.45) is 2.20. The number of alkyl halides is 3. The second-order valence-corrected chi connectivity index (χ2v) is 4.36. The topological polar surface area (TPSA) is 19.4 Å². The van der Waals surface area contributed by atoms with Gasteiger partial charge in [0, 0.05) is 38.7 Å². The number of allylic oxidation sites excluding steroid dienone is 1. The average molecular weight is 269 g/mol. The van der Waals surface area contributed by atoms with Crippen LogP contribution >= 0.6 is 0 Å². The third kappa shape index (κ3) is 2.89. The lowest BCUT2D eigenvalue weighted by atomic mass is 10.2. The molecular weight excluding hydrogens is 255 g/mol. The van der Waals surface area contributed by atoms with Gasteiger partial charge in [-0.25, -0.2) is 4.98 Å². The molecule has 0 fully saturated rings. The summed E-state index contributed by atoms with van der Waals surface area (Å²) < 4.78 is 38.7. The highest BCUT2D eigenvalue weighted by Gasteiger charge is 2.35. The number of nitrogens with zero attached hydrogens (tertiary/aromatic N) is 3. The van der Waals surface area contributed by atoms with Gasteiger partial charge in [-0.3, -0.25) is 0 Å². The standard InChI is InChI=1S/C13H14F3N3/c1-18(2)10-5-8-19(9-6-10)12-11(13(14,15)16)4-3-7-17-12/h3-8H,9H2,1-2H3. The van der Waals surface area contributed by atoms with Gasteiger partial charge >= 0.3 is 6.18 Å². The SMILES string of the molecule is CN(C)C1=CCN(c2ncccc2C(F)(F)F)C=C1. The Morgan fingerprint density at radius 1 is 1.32 bits per heavy atom. The fourth-order valence-corrected chi connectivity index (χ4v) is 1.82. The van der Waals surface area contributed by atoms with E-state index in [9.17, 15) is 13.2 Å². The monoisotopic (exact) mass is 269 g/mol. The van der Waals surface area contributed by atoms with Crippen LogP contribution in [0.15, 0.2) is 42.4 Å². The summed E-state index contributed by atoms with van der Waals surface area (Å²) in [4.78, 5) is 7.23. The number of likely N-dealkylation sites (N-methyl/N-ethyl adjacent to an activating group) is 1. The van der Waals surface area contributed by atoms with Gasteiger partial charge in [-0.1, -0.05) is 0 Å². The van der Waals surface area contributed by atoms with Gasteiger partial charge in [-0.05, 0) is 24.3 Å². The van der Waals surface area contributed by atoms with E-state index in [1.54, 1.807) is 12.3 Å². The Morgan fingerprint density at radius 3 is 2.58 bits per heavy atom. The van der Waals surface area contributed by atoms with Crippen molar-refractivity contribution in [1.29, 1.82) is 0 Å². The minimum Gasteiger partial charge on any atom is -0.378 e. The Labute approximate surface area is 109 Å². The quantitative estimate of drug-likeness (QED) is 0.823. The molecule has 0 bridgehead atoms. The van der Waals surface area contributed by atoms with Crippen LogP contribution in [0.25, 0.3) is 0 Å². The van der Waals surface area contributed by atoms with Gasteiger partial charge in [0.1, 0.15) is 5.82 Å². The fourth-order valence-electron chi connectivity index (χ4n) is 1.82. The lowest BCUT2D eigenvalue weighted by Gasteiger charge is -2.26. The number of pyridine rings is 1. The molecule has 1 aromatic rings. The Hall–Kier alpha value is -1.98. The first-order valence-electron chi connectivity index (χ1n) is 5.74. The second-order valence-electron chi connectivity index (χ2n) is 4.36. The smallest absolute Gasteiger partial charge is 0.378 e. The number of hydrogen-bond donors (Lipinski definition) is 0. The molecule has 102 valence electrons. The summed E-state index contributed by atoms with van der Waals surface area (Å²) in [5, 5.41) is 0. The number of aromatic nitrogens is 1. The van der Waals surface area contributed by atoms with Crippen LogP contribution in [0.5, 0.6) is 0 Å². The maximum Gasteiger partial charge on any atom is 0.419 e. The number of halogens is 3. The first kappa shape index (κ1) is 13.5. The highest BCUT2D eigenvalue weighted by molar-refractivity contribution is 5.53. The Bertz CT molecular complexity index is 518. The molecule has 0 saturated carbocycles. The number of rotatable bonds is 2. The van der Waals surface area contributed by atoms with E-state index in [4.69, 9.17) is 0 Å². The van der Waals surface area contributed by atoms with Crippen molar-refractivity contribution < 1.29 is 13.2 Å². The van der Waals surface area contributed by atoms with Crippen molar-refractivity contribution in [2.75, 3.05) is 25.5 Å². The van der Waals surface area contributed by atoms with Crippen LogP contribution in [0.1, 0.15) is 5.56 Å². The normalized spacial score (nSPS) is 15.4. The maximum atomic E-state index is 12.9. The number of anilines is 1. The summed E-state index contributed by atoms with van der Waals surface area (Å²) in [6, 6.07) is 2.34. The molecular formula is C13H14F3N3. The molecule has 0 N–H and O–H groups in total. The highest BCUT2D eigenvalue weighted by Crippen LogP contribution is 2.35. The first-order chi connectivity index (χ1) is 8.89. The van der Waals surface area contributed by atoms with E-state index < -0.39 is 11.7 Å². The Kier molecular flexibility index (Phi) is 3.50. The molecule has 0 aromatic carbocycles. The van der Waals surface area contributed by atoms with Gasteiger partial charge in [0.15, 0.2) is 0 Å².